The number of benzene rings is 2. The Kier molecular flexibility index (Phi) is 4.93. The van der Waals surface area contributed by atoms with Crippen molar-refractivity contribution in [3.63, 3.8) is 0 Å². The van der Waals surface area contributed by atoms with E-state index in [1.807, 2.05) is 32.0 Å². The van der Waals surface area contributed by atoms with Gasteiger partial charge in [-0.1, -0.05) is 6.07 Å². The van der Waals surface area contributed by atoms with Crippen LogP contribution < -0.4 is 10.6 Å². The number of carbonyl (C=O) groups is 1. The van der Waals surface area contributed by atoms with Gasteiger partial charge in [0.25, 0.3) is 5.91 Å². The Bertz CT molecular complexity index is 956. The van der Waals surface area contributed by atoms with E-state index in [1.54, 1.807) is 6.07 Å². The van der Waals surface area contributed by atoms with E-state index < -0.39 is 11.6 Å². The zero-order valence-electron chi connectivity index (χ0n) is 14.3. The van der Waals surface area contributed by atoms with Crippen LogP contribution in [0.15, 0.2) is 54.7 Å². The monoisotopic (exact) mass is 353 g/mol. The number of hydrogen-bond acceptors (Lipinski definition) is 3. The molecule has 1 aromatic heterocycles. The van der Waals surface area contributed by atoms with E-state index in [0.717, 1.165) is 23.3 Å². The topological polar surface area (TPSA) is 54.0 Å². The molecule has 3 rings (SSSR count). The molecule has 0 saturated heterocycles. The first-order valence-electron chi connectivity index (χ1n) is 7.99. The number of halogens is 2. The van der Waals surface area contributed by atoms with E-state index in [4.69, 9.17) is 0 Å². The van der Waals surface area contributed by atoms with Gasteiger partial charge in [-0.3, -0.25) is 4.79 Å². The molecule has 0 spiro atoms. The molecule has 0 aliphatic carbocycles. The second kappa shape index (κ2) is 7.31. The van der Waals surface area contributed by atoms with Crippen LogP contribution in [-0.2, 0) is 0 Å². The molecule has 2 aromatic carbocycles. The highest BCUT2D eigenvalue weighted by Gasteiger charge is 2.09. The lowest BCUT2D eigenvalue weighted by Gasteiger charge is -2.09. The zero-order chi connectivity index (χ0) is 18.7. The van der Waals surface area contributed by atoms with Gasteiger partial charge in [-0.25, -0.2) is 13.8 Å². The molecule has 132 valence electrons. The van der Waals surface area contributed by atoms with Crippen LogP contribution in [0.3, 0.4) is 0 Å². The van der Waals surface area contributed by atoms with Crippen LogP contribution in [0, 0.1) is 25.5 Å². The van der Waals surface area contributed by atoms with Crippen LogP contribution in [0.4, 0.5) is 25.8 Å². The lowest BCUT2D eigenvalue weighted by molar-refractivity contribution is 0.102. The number of nitrogens with one attached hydrogen (secondary N) is 2. The van der Waals surface area contributed by atoms with Gasteiger partial charge in [0, 0.05) is 11.8 Å². The Morgan fingerprint density at radius 1 is 0.923 bits per heavy atom. The summed E-state index contributed by atoms with van der Waals surface area (Å²) >= 11 is 0. The van der Waals surface area contributed by atoms with Gasteiger partial charge in [0.1, 0.15) is 17.3 Å². The molecule has 0 unspecified atom stereocenters. The van der Waals surface area contributed by atoms with Crippen molar-refractivity contribution < 1.29 is 13.6 Å². The Balaban J connectivity index is 1.70. The van der Waals surface area contributed by atoms with E-state index in [9.17, 15) is 13.6 Å². The first kappa shape index (κ1) is 17.5. The van der Waals surface area contributed by atoms with Crippen molar-refractivity contribution in [1.82, 2.24) is 4.98 Å². The van der Waals surface area contributed by atoms with E-state index in [1.165, 1.54) is 18.3 Å². The molecule has 3 aromatic rings. The second-order valence-corrected chi connectivity index (χ2v) is 5.93. The average Bonchev–Trinajstić information content (AvgIpc) is 2.61. The number of rotatable bonds is 4. The summed E-state index contributed by atoms with van der Waals surface area (Å²) in [5, 5.41) is 5.58. The molecule has 0 bridgehead atoms. The Morgan fingerprint density at radius 3 is 2.35 bits per heavy atom. The first-order valence-corrected chi connectivity index (χ1v) is 7.99. The summed E-state index contributed by atoms with van der Waals surface area (Å²) in [6, 6.07) is 12.0. The van der Waals surface area contributed by atoms with Crippen LogP contribution in [-0.4, -0.2) is 10.9 Å². The minimum atomic E-state index is -0.707. The molecule has 0 atom stereocenters. The molecular weight excluding hydrogens is 336 g/mol. The number of pyridine rings is 1. The summed E-state index contributed by atoms with van der Waals surface area (Å²) in [7, 11) is 0. The molecule has 0 aliphatic heterocycles. The highest BCUT2D eigenvalue weighted by Crippen LogP contribution is 2.20. The number of hydrogen-bond donors (Lipinski definition) is 2. The molecule has 1 amide bonds. The third-order valence-electron chi connectivity index (χ3n) is 3.97. The minimum Gasteiger partial charge on any atom is -0.352 e. The van der Waals surface area contributed by atoms with Crippen molar-refractivity contribution in [2.75, 3.05) is 10.6 Å². The van der Waals surface area contributed by atoms with Gasteiger partial charge in [0.15, 0.2) is 0 Å². The molecule has 4 nitrogen and oxygen atoms in total. The van der Waals surface area contributed by atoms with Crippen LogP contribution >= 0.6 is 0 Å². The molecule has 0 fully saturated rings. The number of aryl methyl sites for hydroxylation is 2. The maximum absolute atomic E-state index is 13.7. The highest BCUT2D eigenvalue weighted by atomic mass is 19.1. The quantitative estimate of drug-likeness (QED) is 0.696. The van der Waals surface area contributed by atoms with Crippen molar-refractivity contribution in [2.45, 2.75) is 13.8 Å². The summed E-state index contributed by atoms with van der Waals surface area (Å²) in [4.78, 5) is 16.4. The zero-order valence-corrected chi connectivity index (χ0v) is 14.3. The van der Waals surface area contributed by atoms with Crippen LogP contribution in [0.1, 0.15) is 21.6 Å². The lowest BCUT2D eigenvalue weighted by Crippen LogP contribution is -2.13. The van der Waals surface area contributed by atoms with Gasteiger partial charge in [-0.05, 0) is 61.4 Å². The van der Waals surface area contributed by atoms with Gasteiger partial charge in [0.05, 0.1) is 17.6 Å². The first-order chi connectivity index (χ1) is 12.4. The van der Waals surface area contributed by atoms with Crippen LogP contribution in [0.2, 0.25) is 0 Å². The van der Waals surface area contributed by atoms with Crippen molar-refractivity contribution in [1.29, 1.82) is 0 Å². The fourth-order valence-electron chi connectivity index (χ4n) is 2.36. The number of carbonyl (C=O) groups excluding carboxylic acids is 1. The molecule has 26 heavy (non-hydrogen) atoms. The lowest BCUT2D eigenvalue weighted by atomic mass is 10.1. The Morgan fingerprint density at radius 2 is 1.69 bits per heavy atom. The van der Waals surface area contributed by atoms with Crippen molar-refractivity contribution in [2.24, 2.45) is 0 Å². The molecular formula is C20H17F2N3O. The highest BCUT2D eigenvalue weighted by molar-refractivity contribution is 6.03. The smallest absolute Gasteiger partial charge is 0.274 e. The van der Waals surface area contributed by atoms with Crippen LogP contribution in [0.5, 0.6) is 0 Å². The number of aromatic nitrogens is 1. The van der Waals surface area contributed by atoms with E-state index in [0.29, 0.717) is 11.4 Å². The second-order valence-electron chi connectivity index (χ2n) is 5.93. The predicted octanol–water partition coefficient (Wildman–Crippen LogP) is 4.97. The Hall–Kier alpha value is -3.28. The van der Waals surface area contributed by atoms with Gasteiger partial charge < -0.3 is 10.6 Å². The molecule has 2 N–H and O–H groups in total. The molecule has 6 heteroatoms. The number of nitrogens with zero attached hydrogens (tertiary/aromatic N) is 1. The van der Waals surface area contributed by atoms with Gasteiger partial charge in [-0.15, -0.1) is 0 Å². The van der Waals surface area contributed by atoms with Crippen molar-refractivity contribution in [3.05, 3.63) is 83.2 Å². The molecule has 1 heterocycles. The van der Waals surface area contributed by atoms with Crippen molar-refractivity contribution >= 4 is 23.0 Å². The van der Waals surface area contributed by atoms with E-state index in [-0.39, 0.29) is 17.3 Å². The number of anilines is 3. The fourth-order valence-corrected chi connectivity index (χ4v) is 2.36. The van der Waals surface area contributed by atoms with E-state index in [2.05, 4.69) is 15.6 Å². The van der Waals surface area contributed by atoms with Gasteiger partial charge in [-0.2, -0.15) is 0 Å². The van der Waals surface area contributed by atoms with Crippen LogP contribution in [0.25, 0.3) is 0 Å². The predicted molar refractivity (Wildman–Crippen MR) is 97.7 cm³/mol. The maximum Gasteiger partial charge on any atom is 0.274 e. The number of amides is 1. The fraction of sp³-hybridized carbons (Fsp3) is 0.100. The van der Waals surface area contributed by atoms with Crippen molar-refractivity contribution in [3.8, 4) is 0 Å². The molecule has 0 radical (unpaired) electrons. The minimum absolute atomic E-state index is 0.125. The molecule has 0 saturated carbocycles. The van der Waals surface area contributed by atoms with Gasteiger partial charge in [0.2, 0.25) is 0 Å². The van der Waals surface area contributed by atoms with Gasteiger partial charge >= 0.3 is 0 Å². The average molecular weight is 353 g/mol. The summed E-state index contributed by atoms with van der Waals surface area (Å²) in [5.41, 5.74) is 3.75. The summed E-state index contributed by atoms with van der Waals surface area (Å²) in [5.74, 6) is -1.70. The maximum atomic E-state index is 13.7. The summed E-state index contributed by atoms with van der Waals surface area (Å²) in [6.07, 6.45) is 1.41. The SMILES string of the molecule is Cc1ccc(NC(=O)c2ccc(Nc3ccc(F)cc3F)cn2)cc1C. The largest absolute Gasteiger partial charge is 0.352 e. The molecule has 0 aliphatic rings. The normalized spacial score (nSPS) is 10.5. The van der Waals surface area contributed by atoms with E-state index >= 15 is 0 Å². The third kappa shape index (κ3) is 4.03. The Labute approximate surface area is 149 Å². The summed E-state index contributed by atoms with van der Waals surface area (Å²) in [6.45, 7) is 3.97. The summed E-state index contributed by atoms with van der Waals surface area (Å²) < 4.78 is 26.6. The third-order valence-corrected chi connectivity index (χ3v) is 3.97. The standard InChI is InChI=1S/C20H17F2N3O/c1-12-3-5-15(9-13(12)2)25-20(26)19-8-6-16(11-23-19)24-18-7-4-14(21)10-17(18)22/h3-11,24H,1-2H3,(H,25,26).